The molecule has 0 fully saturated rings. The van der Waals surface area contributed by atoms with Gasteiger partial charge in [0.15, 0.2) is 0 Å². The Bertz CT molecular complexity index is 495. The van der Waals surface area contributed by atoms with Gasteiger partial charge in [0.2, 0.25) is 0 Å². The second-order valence-corrected chi connectivity index (χ2v) is 3.52. The maximum absolute atomic E-state index is 11.4. The summed E-state index contributed by atoms with van der Waals surface area (Å²) in [5.41, 5.74) is 7.29. The first-order chi connectivity index (χ1) is 7.18. The zero-order valence-electron chi connectivity index (χ0n) is 8.47. The third kappa shape index (κ3) is 1.79. The smallest absolute Gasteiger partial charge is 0.326 e. The number of aromatic nitrogens is 2. The molecule has 2 aromatic rings. The molecule has 0 aliphatic rings. The van der Waals surface area contributed by atoms with E-state index in [-0.39, 0.29) is 11.7 Å². The third-order valence-corrected chi connectivity index (χ3v) is 2.51. The van der Waals surface area contributed by atoms with E-state index in [2.05, 4.69) is 4.98 Å². The van der Waals surface area contributed by atoms with Crippen LogP contribution in [0.3, 0.4) is 0 Å². The summed E-state index contributed by atoms with van der Waals surface area (Å²) in [4.78, 5) is 14.0. The summed E-state index contributed by atoms with van der Waals surface area (Å²) < 4.78 is 1.64. The average Bonchev–Trinajstić information content (AvgIpc) is 2.65. The van der Waals surface area contributed by atoms with Crippen LogP contribution in [-0.2, 0) is 0 Å². The van der Waals surface area contributed by atoms with Crippen LogP contribution in [-0.4, -0.2) is 9.55 Å². The van der Waals surface area contributed by atoms with Gasteiger partial charge < -0.3 is 10.7 Å². The number of hydrogen-bond acceptors (Lipinski definition) is 2. The van der Waals surface area contributed by atoms with Gasteiger partial charge in [-0.05, 0) is 24.6 Å². The fraction of sp³-hybridized carbons (Fsp3) is 0.182. The minimum Gasteiger partial charge on any atom is -0.399 e. The number of benzene rings is 1. The van der Waals surface area contributed by atoms with E-state index in [0.717, 1.165) is 11.3 Å². The summed E-state index contributed by atoms with van der Waals surface area (Å²) >= 11 is 0. The maximum atomic E-state index is 11.4. The number of anilines is 1. The average molecular weight is 203 g/mol. The van der Waals surface area contributed by atoms with Crippen LogP contribution in [0, 0.1) is 0 Å². The number of H-pyrrole nitrogens is 1. The van der Waals surface area contributed by atoms with Crippen LogP contribution < -0.4 is 11.4 Å². The second-order valence-electron chi connectivity index (χ2n) is 3.52. The molecule has 0 amide bonds. The Labute approximate surface area is 87.4 Å². The highest BCUT2D eigenvalue weighted by Crippen LogP contribution is 2.16. The molecule has 4 nitrogen and oxygen atoms in total. The van der Waals surface area contributed by atoms with Gasteiger partial charge in [-0.3, -0.25) is 4.57 Å². The lowest BCUT2D eigenvalue weighted by molar-refractivity contribution is 0.617. The van der Waals surface area contributed by atoms with Crippen molar-refractivity contribution in [3.63, 3.8) is 0 Å². The summed E-state index contributed by atoms with van der Waals surface area (Å²) in [6, 6.07) is 7.55. The van der Waals surface area contributed by atoms with Crippen LogP contribution in [0.1, 0.15) is 18.5 Å². The molecule has 1 heterocycles. The molecule has 0 aliphatic carbocycles. The molecule has 0 aliphatic heterocycles. The van der Waals surface area contributed by atoms with E-state index >= 15 is 0 Å². The molecule has 1 unspecified atom stereocenters. The largest absolute Gasteiger partial charge is 0.399 e. The molecule has 4 heteroatoms. The molecule has 0 spiro atoms. The van der Waals surface area contributed by atoms with Gasteiger partial charge in [-0.2, -0.15) is 0 Å². The summed E-state index contributed by atoms with van der Waals surface area (Å²) in [5.74, 6) is 0. The van der Waals surface area contributed by atoms with E-state index in [1.165, 1.54) is 0 Å². The zero-order valence-corrected chi connectivity index (χ0v) is 8.47. The summed E-state index contributed by atoms with van der Waals surface area (Å²) in [6.45, 7) is 1.97. The molecular weight excluding hydrogens is 190 g/mol. The highest BCUT2D eigenvalue weighted by Gasteiger charge is 2.08. The first-order valence-electron chi connectivity index (χ1n) is 4.79. The molecule has 2 rings (SSSR count). The van der Waals surface area contributed by atoms with E-state index in [1.54, 1.807) is 17.0 Å². The molecule has 78 valence electrons. The molecule has 3 N–H and O–H groups in total. The minimum absolute atomic E-state index is 0.0179. The van der Waals surface area contributed by atoms with Crippen molar-refractivity contribution in [3.05, 3.63) is 52.7 Å². The van der Waals surface area contributed by atoms with Gasteiger partial charge in [0.25, 0.3) is 0 Å². The SMILES string of the molecule is CC(c1ccc(N)cc1)n1cc[nH]c1=O. The lowest BCUT2D eigenvalue weighted by atomic mass is 10.1. The van der Waals surface area contributed by atoms with Crippen molar-refractivity contribution >= 4 is 5.69 Å². The van der Waals surface area contributed by atoms with Crippen molar-refractivity contribution in [2.24, 2.45) is 0 Å². The van der Waals surface area contributed by atoms with Gasteiger partial charge in [0.05, 0.1) is 6.04 Å². The van der Waals surface area contributed by atoms with Crippen LogP contribution in [0.2, 0.25) is 0 Å². The Balaban J connectivity index is 2.36. The fourth-order valence-corrected chi connectivity index (χ4v) is 1.57. The van der Waals surface area contributed by atoms with Crippen molar-refractivity contribution in [2.75, 3.05) is 5.73 Å². The summed E-state index contributed by atoms with van der Waals surface area (Å²) in [5, 5.41) is 0. The van der Waals surface area contributed by atoms with Gasteiger partial charge in [-0.25, -0.2) is 4.79 Å². The highest BCUT2D eigenvalue weighted by atomic mass is 16.1. The quantitative estimate of drug-likeness (QED) is 0.724. The van der Waals surface area contributed by atoms with Gasteiger partial charge in [0.1, 0.15) is 0 Å². The van der Waals surface area contributed by atoms with E-state index < -0.39 is 0 Å². The number of nitrogens with zero attached hydrogens (tertiary/aromatic N) is 1. The molecule has 15 heavy (non-hydrogen) atoms. The zero-order chi connectivity index (χ0) is 10.8. The molecule has 0 radical (unpaired) electrons. The number of rotatable bonds is 2. The molecule has 0 bridgehead atoms. The normalized spacial score (nSPS) is 12.6. The Morgan fingerprint density at radius 3 is 2.53 bits per heavy atom. The van der Waals surface area contributed by atoms with Gasteiger partial charge in [-0.1, -0.05) is 12.1 Å². The summed E-state index contributed by atoms with van der Waals surface area (Å²) in [7, 11) is 0. The predicted molar refractivity (Wildman–Crippen MR) is 59.7 cm³/mol. The number of hydrogen-bond donors (Lipinski definition) is 2. The van der Waals surface area contributed by atoms with Crippen LogP contribution in [0.5, 0.6) is 0 Å². The van der Waals surface area contributed by atoms with E-state index in [4.69, 9.17) is 5.73 Å². The number of nitrogens with two attached hydrogens (primary N) is 1. The van der Waals surface area contributed by atoms with Gasteiger partial charge >= 0.3 is 5.69 Å². The Morgan fingerprint density at radius 2 is 2.00 bits per heavy atom. The lowest BCUT2D eigenvalue weighted by Crippen LogP contribution is -2.20. The molecule has 1 atom stereocenters. The fourth-order valence-electron chi connectivity index (χ4n) is 1.57. The predicted octanol–water partition coefficient (Wildman–Crippen LogP) is 1.37. The standard InChI is InChI=1S/C11H13N3O/c1-8(14-7-6-13-11(14)15)9-2-4-10(12)5-3-9/h2-8H,12H2,1H3,(H,13,15). The van der Waals surface area contributed by atoms with E-state index in [9.17, 15) is 4.79 Å². The van der Waals surface area contributed by atoms with Crippen molar-refractivity contribution in [2.45, 2.75) is 13.0 Å². The van der Waals surface area contributed by atoms with Crippen LogP contribution in [0.25, 0.3) is 0 Å². The second kappa shape index (κ2) is 3.65. The van der Waals surface area contributed by atoms with Crippen molar-refractivity contribution < 1.29 is 0 Å². The minimum atomic E-state index is -0.0978. The first kappa shape index (κ1) is 9.58. The summed E-state index contributed by atoms with van der Waals surface area (Å²) in [6.07, 6.45) is 3.37. The molecule has 0 saturated carbocycles. The Hall–Kier alpha value is -1.97. The van der Waals surface area contributed by atoms with Crippen molar-refractivity contribution in [3.8, 4) is 0 Å². The first-order valence-corrected chi connectivity index (χ1v) is 4.79. The van der Waals surface area contributed by atoms with Gasteiger partial charge in [0, 0.05) is 18.1 Å². The van der Waals surface area contributed by atoms with Gasteiger partial charge in [-0.15, -0.1) is 0 Å². The monoisotopic (exact) mass is 203 g/mol. The molecule has 1 aromatic heterocycles. The molecule has 1 aromatic carbocycles. The number of imidazole rings is 1. The third-order valence-electron chi connectivity index (χ3n) is 2.51. The topological polar surface area (TPSA) is 63.8 Å². The van der Waals surface area contributed by atoms with E-state index in [1.807, 2.05) is 31.2 Å². The molecular formula is C11H13N3O. The van der Waals surface area contributed by atoms with E-state index in [0.29, 0.717) is 0 Å². The number of nitrogens with one attached hydrogen (secondary N) is 1. The molecule has 0 saturated heterocycles. The maximum Gasteiger partial charge on any atom is 0.326 e. The van der Waals surface area contributed by atoms with Crippen LogP contribution in [0.4, 0.5) is 5.69 Å². The van der Waals surface area contributed by atoms with Crippen molar-refractivity contribution in [1.82, 2.24) is 9.55 Å². The van der Waals surface area contributed by atoms with Crippen LogP contribution in [0.15, 0.2) is 41.5 Å². The Morgan fingerprint density at radius 1 is 1.33 bits per heavy atom. The lowest BCUT2D eigenvalue weighted by Gasteiger charge is -2.12. The number of nitrogen functional groups attached to an aromatic ring is 1. The van der Waals surface area contributed by atoms with Crippen LogP contribution >= 0.6 is 0 Å². The number of aromatic amines is 1. The highest BCUT2D eigenvalue weighted by molar-refractivity contribution is 5.40. The van der Waals surface area contributed by atoms with Crippen molar-refractivity contribution in [1.29, 1.82) is 0 Å². The Kier molecular flexibility index (Phi) is 2.33.